The Labute approximate surface area is 87.8 Å². The molecule has 0 aliphatic heterocycles. The lowest BCUT2D eigenvalue weighted by Crippen LogP contribution is -2.24. The lowest BCUT2D eigenvalue weighted by Gasteiger charge is -2.18. The number of aryl methyl sites for hydroxylation is 1. The van der Waals surface area contributed by atoms with Crippen LogP contribution in [0.4, 0.5) is 5.95 Å². The molecule has 1 rings (SSSR count). The van der Waals surface area contributed by atoms with E-state index in [0.717, 1.165) is 0 Å². The summed E-state index contributed by atoms with van der Waals surface area (Å²) in [5, 5.41) is 0.150. The SMILES string of the molecule is Cc1nc(Cl)nc(NOC(C)(C)C)n1. The molecular formula is C8H13ClN4O. The fourth-order valence-corrected chi connectivity index (χ4v) is 0.896. The molecule has 0 saturated carbocycles. The third-order valence-corrected chi connectivity index (χ3v) is 1.34. The van der Waals surface area contributed by atoms with Gasteiger partial charge < -0.3 is 0 Å². The van der Waals surface area contributed by atoms with E-state index >= 15 is 0 Å². The molecule has 0 bridgehead atoms. The van der Waals surface area contributed by atoms with Crippen molar-refractivity contribution in [1.29, 1.82) is 0 Å². The minimum atomic E-state index is -0.312. The van der Waals surface area contributed by atoms with Crippen LogP contribution >= 0.6 is 11.6 Å². The van der Waals surface area contributed by atoms with Gasteiger partial charge in [0.25, 0.3) is 5.95 Å². The van der Waals surface area contributed by atoms with Crippen molar-refractivity contribution in [2.45, 2.75) is 33.3 Å². The van der Waals surface area contributed by atoms with Crippen LogP contribution in [0.5, 0.6) is 0 Å². The fraction of sp³-hybridized carbons (Fsp3) is 0.625. The molecule has 1 aromatic rings. The molecule has 0 fully saturated rings. The maximum Gasteiger partial charge on any atom is 0.251 e. The van der Waals surface area contributed by atoms with E-state index in [9.17, 15) is 0 Å². The second kappa shape index (κ2) is 4.06. The molecule has 0 aliphatic carbocycles. The van der Waals surface area contributed by atoms with Gasteiger partial charge in [0, 0.05) is 0 Å². The predicted octanol–water partition coefficient (Wildman–Crippen LogP) is 1.98. The number of halogens is 1. The molecule has 14 heavy (non-hydrogen) atoms. The first-order valence-corrected chi connectivity index (χ1v) is 4.57. The molecule has 6 heteroatoms. The summed E-state index contributed by atoms with van der Waals surface area (Å²) < 4.78 is 0. The molecule has 1 aromatic heterocycles. The zero-order valence-electron chi connectivity index (χ0n) is 8.63. The number of aromatic nitrogens is 3. The van der Waals surface area contributed by atoms with E-state index in [1.54, 1.807) is 6.92 Å². The van der Waals surface area contributed by atoms with Gasteiger partial charge in [-0.1, -0.05) is 0 Å². The Kier molecular flexibility index (Phi) is 3.23. The molecule has 1 heterocycles. The third-order valence-electron chi connectivity index (χ3n) is 1.17. The first kappa shape index (κ1) is 11.1. The van der Waals surface area contributed by atoms with Crippen molar-refractivity contribution < 1.29 is 4.84 Å². The minimum Gasteiger partial charge on any atom is -0.268 e. The Morgan fingerprint density at radius 3 is 2.36 bits per heavy atom. The predicted molar refractivity (Wildman–Crippen MR) is 54.0 cm³/mol. The molecule has 5 nitrogen and oxygen atoms in total. The van der Waals surface area contributed by atoms with Crippen molar-refractivity contribution in [2.24, 2.45) is 0 Å². The van der Waals surface area contributed by atoms with E-state index in [1.165, 1.54) is 0 Å². The Morgan fingerprint density at radius 1 is 1.21 bits per heavy atom. The molecule has 78 valence electrons. The number of anilines is 1. The van der Waals surface area contributed by atoms with Crippen LogP contribution in [0.2, 0.25) is 5.28 Å². The quantitative estimate of drug-likeness (QED) is 0.766. The van der Waals surface area contributed by atoms with Gasteiger partial charge in [0.1, 0.15) is 5.82 Å². The summed E-state index contributed by atoms with van der Waals surface area (Å²) >= 11 is 5.64. The van der Waals surface area contributed by atoms with Crippen LogP contribution in [-0.2, 0) is 4.84 Å². The highest BCUT2D eigenvalue weighted by Gasteiger charge is 2.11. The number of hydrogen-bond donors (Lipinski definition) is 1. The summed E-state index contributed by atoms with van der Waals surface area (Å²) in [7, 11) is 0. The van der Waals surface area contributed by atoms with Crippen molar-refractivity contribution in [2.75, 3.05) is 5.48 Å². The molecule has 0 radical (unpaired) electrons. The topological polar surface area (TPSA) is 59.9 Å². The van der Waals surface area contributed by atoms with Gasteiger partial charge in [-0.05, 0) is 39.3 Å². The van der Waals surface area contributed by atoms with Gasteiger partial charge in [0.2, 0.25) is 5.28 Å². The zero-order valence-corrected chi connectivity index (χ0v) is 9.38. The van der Waals surface area contributed by atoms with E-state index in [1.807, 2.05) is 20.8 Å². The van der Waals surface area contributed by atoms with Gasteiger partial charge in [-0.15, -0.1) is 0 Å². The highest BCUT2D eigenvalue weighted by molar-refractivity contribution is 6.28. The van der Waals surface area contributed by atoms with Crippen LogP contribution in [0.1, 0.15) is 26.6 Å². The van der Waals surface area contributed by atoms with E-state index in [2.05, 4.69) is 20.4 Å². The summed E-state index contributed by atoms with van der Waals surface area (Å²) in [4.78, 5) is 16.9. The molecule has 1 N–H and O–H groups in total. The normalized spacial score (nSPS) is 11.5. The van der Waals surface area contributed by atoms with Crippen molar-refractivity contribution in [3.63, 3.8) is 0 Å². The first-order valence-electron chi connectivity index (χ1n) is 4.19. The van der Waals surface area contributed by atoms with Crippen molar-refractivity contribution in [3.05, 3.63) is 11.1 Å². The minimum absolute atomic E-state index is 0.150. The summed E-state index contributed by atoms with van der Waals surface area (Å²) in [6, 6.07) is 0. The zero-order chi connectivity index (χ0) is 10.8. The molecular weight excluding hydrogens is 204 g/mol. The maximum absolute atomic E-state index is 5.64. The summed E-state index contributed by atoms with van der Waals surface area (Å²) in [5.41, 5.74) is 2.31. The van der Waals surface area contributed by atoms with Gasteiger partial charge in [0.05, 0.1) is 5.60 Å². The Balaban J connectivity index is 2.68. The number of nitrogens with zero attached hydrogens (tertiary/aromatic N) is 3. The average Bonchev–Trinajstić information content (AvgIpc) is 1.97. The standard InChI is InChI=1S/C8H13ClN4O/c1-5-10-6(9)12-7(11-5)13-14-8(2,3)4/h1-4H3,(H,10,11,12,13). The Morgan fingerprint density at radius 2 is 1.86 bits per heavy atom. The second-order valence-electron chi connectivity index (χ2n) is 3.79. The monoisotopic (exact) mass is 216 g/mol. The van der Waals surface area contributed by atoms with Crippen LogP contribution in [0.25, 0.3) is 0 Å². The van der Waals surface area contributed by atoms with E-state index in [-0.39, 0.29) is 10.9 Å². The summed E-state index contributed by atoms with van der Waals surface area (Å²) in [6.07, 6.45) is 0. The Bertz CT molecular complexity index is 303. The average molecular weight is 217 g/mol. The van der Waals surface area contributed by atoms with Crippen molar-refractivity contribution in [3.8, 4) is 0 Å². The van der Waals surface area contributed by atoms with Gasteiger partial charge >= 0.3 is 0 Å². The van der Waals surface area contributed by atoms with Crippen LogP contribution in [0, 0.1) is 6.92 Å². The highest BCUT2D eigenvalue weighted by atomic mass is 35.5. The van der Waals surface area contributed by atoms with Gasteiger partial charge in [-0.25, -0.2) is 10.5 Å². The maximum atomic E-state index is 5.64. The Hall–Kier alpha value is -0.940. The van der Waals surface area contributed by atoms with Crippen molar-refractivity contribution in [1.82, 2.24) is 15.0 Å². The number of nitrogens with one attached hydrogen (secondary N) is 1. The molecule has 0 unspecified atom stereocenters. The van der Waals surface area contributed by atoms with E-state index in [4.69, 9.17) is 16.4 Å². The second-order valence-corrected chi connectivity index (χ2v) is 4.13. The summed E-state index contributed by atoms with van der Waals surface area (Å²) in [6.45, 7) is 7.47. The molecule has 0 saturated heterocycles. The molecule has 0 aliphatic rings. The van der Waals surface area contributed by atoms with Crippen molar-refractivity contribution >= 4 is 17.5 Å². The fourth-order valence-electron chi connectivity index (χ4n) is 0.694. The van der Waals surface area contributed by atoms with Gasteiger partial charge in [0.15, 0.2) is 0 Å². The van der Waals surface area contributed by atoms with Gasteiger partial charge in [-0.3, -0.25) is 4.84 Å². The lowest BCUT2D eigenvalue weighted by molar-refractivity contribution is 0.0358. The summed E-state index contributed by atoms with van der Waals surface area (Å²) in [5.74, 6) is 0.863. The number of hydrogen-bond acceptors (Lipinski definition) is 5. The van der Waals surface area contributed by atoms with E-state index < -0.39 is 0 Å². The highest BCUT2D eigenvalue weighted by Crippen LogP contribution is 2.10. The van der Waals surface area contributed by atoms with Crippen LogP contribution in [0.15, 0.2) is 0 Å². The molecule has 0 aromatic carbocycles. The van der Waals surface area contributed by atoms with Gasteiger partial charge in [-0.2, -0.15) is 9.97 Å². The van der Waals surface area contributed by atoms with Crippen LogP contribution in [0.3, 0.4) is 0 Å². The van der Waals surface area contributed by atoms with Crippen LogP contribution in [-0.4, -0.2) is 20.6 Å². The smallest absolute Gasteiger partial charge is 0.251 e. The molecule has 0 amide bonds. The van der Waals surface area contributed by atoms with Crippen LogP contribution < -0.4 is 5.48 Å². The van der Waals surface area contributed by atoms with E-state index in [0.29, 0.717) is 11.8 Å². The molecule has 0 spiro atoms. The first-order chi connectivity index (χ1) is 6.37. The molecule has 0 atom stereocenters. The lowest BCUT2D eigenvalue weighted by atomic mass is 10.2. The number of rotatable bonds is 2. The largest absolute Gasteiger partial charge is 0.268 e. The third kappa shape index (κ3) is 3.85.